The Morgan fingerprint density at radius 3 is 2.52 bits per heavy atom. The van der Waals surface area contributed by atoms with E-state index < -0.39 is 15.8 Å². The van der Waals surface area contributed by atoms with Crippen LogP contribution in [0.2, 0.25) is 0 Å². The van der Waals surface area contributed by atoms with E-state index in [1.807, 2.05) is 0 Å². The van der Waals surface area contributed by atoms with E-state index in [9.17, 15) is 17.6 Å². The van der Waals surface area contributed by atoms with Crippen LogP contribution in [0.1, 0.15) is 22.8 Å². The lowest BCUT2D eigenvalue weighted by Crippen LogP contribution is -2.30. The van der Waals surface area contributed by atoms with E-state index in [1.54, 1.807) is 30.6 Å². The zero-order valence-electron chi connectivity index (χ0n) is 14.5. The predicted octanol–water partition coefficient (Wildman–Crippen LogP) is 3.82. The summed E-state index contributed by atoms with van der Waals surface area (Å²) in [5, 5.41) is 0. The molecule has 0 bridgehead atoms. The molecule has 0 aliphatic carbocycles. The van der Waals surface area contributed by atoms with Crippen molar-refractivity contribution in [2.24, 2.45) is 0 Å². The summed E-state index contributed by atoms with van der Waals surface area (Å²) < 4.78 is 41.4. The molecule has 5 nitrogen and oxygen atoms in total. The van der Waals surface area contributed by atoms with Gasteiger partial charge in [0.25, 0.3) is 10.0 Å². The number of benzene rings is 2. The number of aromatic nitrogens is 1. The van der Waals surface area contributed by atoms with Gasteiger partial charge in [0.05, 0.1) is 17.1 Å². The van der Waals surface area contributed by atoms with Crippen LogP contribution in [0.15, 0.2) is 78.0 Å². The third kappa shape index (κ3) is 4.20. The minimum atomic E-state index is -4.04. The monoisotopic (exact) mass is 384 g/mol. The number of hydrogen-bond acceptors (Lipinski definition) is 4. The van der Waals surface area contributed by atoms with E-state index in [2.05, 4.69) is 4.98 Å². The summed E-state index contributed by atoms with van der Waals surface area (Å²) >= 11 is 0. The SMILES string of the molecule is CC(=O)c1cccc(S(=O)(=O)N(Cc2cccnc2)c2cccc(F)c2)c1. The van der Waals surface area contributed by atoms with Gasteiger partial charge < -0.3 is 0 Å². The fraction of sp³-hybridized carbons (Fsp3) is 0.100. The minimum Gasteiger partial charge on any atom is -0.295 e. The first-order chi connectivity index (χ1) is 12.9. The van der Waals surface area contributed by atoms with Crippen LogP contribution in [-0.4, -0.2) is 19.2 Å². The molecule has 0 amide bonds. The molecule has 27 heavy (non-hydrogen) atoms. The summed E-state index contributed by atoms with van der Waals surface area (Å²) in [6.07, 6.45) is 3.13. The van der Waals surface area contributed by atoms with Crippen LogP contribution in [0, 0.1) is 5.82 Å². The molecule has 0 spiro atoms. The molecule has 2 aromatic carbocycles. The van der Waals surface area contributed by atoms with Crippen LogP contribution < -0.4 is 4.31 Å². The van der Waals surface area contributed by atoms with Crippen LogP contribution in [0.4, 0.5) is 10.1 Å². The van der Waals surface area contributed by atoms with Gasteiger partial charge in [-0.2, -0.15) is 0 Å². The van der Waals surface area contributed by atoms with Gasteiger partial charge in [-0.15, -0.1) is 0 Å². The summed E-state index contributed by atoms with van der Waals surface area (Å²) in [6, 6.07) is 14.6. The van der Waals surface area contributed by atoms with Crippen molar-refractivity contribution in [1.29, 1.82) is 0 Å². The van der Waals surface area contributed by atoms with Crippen LogP contribution >= 0.6 is 0 Å². The smallest absolute Gasteiger partial charge is 0.264 e. The van der Waals surface area contributed by atoms with Crippen LogP contribution in [0.3, 0.4) is 0 Å². The lowest BCUT2D eigenvalue weighted by atomic mass is 10.2. The van der Waals surface area contributed by atoms with Gasteiger partial charge in [-0.05, 0) is 48.9 Å². The highest BCUT2D eigenvalue weighted by Crippen LogP contribution is 2.27. The van der Waals surface area contributed by atoms with Gasteiger partial charge in [0.2, 0.25) is 0 Å². The second-order valence-corrected chi connectivity index (χ2v) is 7.80. The van der Waals surface area contributed by atoms with Crippen molar-refractivity contribution >= 4 is 21.5 Å². The minimum absolute atomic E-state index is 0.0239. The Morgan fingerprint density at radius 1 is 1.07 bits per heavy atom. The van der Waals surface area contributed by atoms with Crippen molar-refractivity contribution in [3.63, 3.8) is 0 Å². The number of pyridine rings is 1. The first-order valence-corrected chi connectivity index (χ1v) is 9.60. The summed E-state index contributed by atoms with van der Waals surface area (Å²) in [5.41, 5.74) is 1.12. The summed E-state index contributed by atoms with van der Waals surface area (Å²) in [4.78, 5) is 15.6. The molecule has 1 heterocycles. The molecule has 0 aliphatic rings. The molecule has 0 fully saturated rings. The first-order valence-electron chi connectivity index (χ1n) is 8.16. The molecule has 1 aromatic heterocycles. The van der Waals surface area contributed by atoms with E-state index in [4.69, 9.17) is 0 Å². The summed E-state index contributed by atoms with van der Waals surface area (Å²) in [5.74, 6) is -0.784. The van der Waals surface area contributed by atoms with Gasteiger partial charge in [0, 0.05) is 18.0 Å². The average Bonchev–Trinajstić information content (AvgIpc) is 2.67. The summed E-state index contributed by atoms with van der Waals surface area (Å²) in [6.45, 7) is 1.34. The molecular weight excluding hydrogens is 367 g/mol. The molecule has 0 radical (unpaired) electrons. The van der Waals surface area contributed by atoms with Crippen molar-refractivity contribution < 1.29 is 17.6 Å². The van der Waals surface area contributed by atoms with Gasteiger partial charge in [-0.25, -0.2) is 12.8 Å². The number of ketones is 1. The van der Waals surface area contributed by atoms with E-state index in [0.717, 1.165) is 10.4 Å². The van der Waals surface area contributed by atoms with Crippen molar-refractivity contribution in [2.75, 3.05) is 4.31 Å². The Balaban J connectivity index is 2.11. The van der Waals surface area contributed by atoms with Crippen molar-refractivity contribution in [3.05, 3.63) is 90.0 Å². The average molecular weight is 384 g/mol. The summed E-state index contributed by atoms with van der Waals surface area (Å²) in [7, 11) is -4.04. The third-order valence-corrected chi connectivity index (χ3v) is 5.74. The zero-order valence-corrected chi connectivity index (χ0v) is 15.4. The number of Topliss-reactive ketones (excluding diaryl/α,β-unsaturated/α-hetero) is 1. The van der Waals surface area contributed by atoms with Crippen LogP contribution in [-0.2, 0) is 16.6 Å². The molecule has 3 aromatic rings. The molecule has 3 rings (SSSR count). The maximum Gasteiger partial charge on any atom is 0.264 e. The highest BCUT2D eigenvalue weighted by Gasteiger charge is 2.26. The van der Waals surface area contributed by atoms with Crippen LogP contribution in [0.5, 0.6) is 0 Å². The highest BCUT2D eigenvalue weighted by atomic mass is 32.2. The Hall–Kier alpha value is -3.06. The van der Waals surface area contributed by atoms with Gasteiger partial charge in [0.15, 0.2) is 5.78 Å². The van der Waals surface area contributed by atoms with E-state index in [1.165, 1.54) is 43.3 Å². The standard InChI is InChI=1S/C20H17FN2O3S/c1-15(24)17-6-2-9-20(11-17)27(25,26)23(14-16-5-4-10-22-13-16)19-8-3-7-18(21)12-19/h2-13H,14H2,1H3. The maximum atomic E-state index is 13.7. The third-order valence-electron chi connectivity index (χ3n) is 3.97. The fourth-order valence-electron chi connectivity index (χ4n) is 2.61. The van der Waals surface area contributed by atoms with E-state index >= 15 is 0 Å². The van der Waals surface area contributed by atoms with Gasteiger partial charge >= 0.3 is 0 Å². The Bertz CT molecular complexity index is 1070. The molecular formula is C20H17FN2O3S. The van der Waals surface area contributed by atoms with Crippen molar-refractivity contribution in [2.45, 2.75) is 18.4 Å². The Labute approximate surface area is 157 Å². The molecule has 0 saturated heterocycles. The van der Waals surface area contributed by atoms with Crippen molar-refractivity contribution in [1.82, 2.24) is 4.98 Å². The Kier molecular flexibility index (Phi) is 5.32. The van der Waals surface area contributed by atoms with E-state index in [-0.39, 0.29) is 28.5 Å². The molecule has 0 saturated carbocycles. The molecule has 0 unspecified atom stereocenters. The zero-order chi connectivity index (χ0) is 19.4. The number of sulfonamides is 1. The predicted molar refractivity (Wildman–Crippen MR) is 100 cm³/mol. The molecule has 138 valence electrons. The second-order valence-electron chi connectivity index (χ2n) is 5.94. The quantitative estimate of drug-likeness (QED) is 0.606. The number of nitrogens with zero attached hydrogens (tertiary/aromatic N) is 2. The van der Waals surface area contributed by atoms with Crippen LogP contribution in [0.25, 0.3) is 0 Å². The van der Waals surface area contributed by atoms with Gasteiger partial charge in [-0.1, -0.05) is 24.3 Å². The topological polar surface area (TPSA) is 67.3 Å². The second kappa shape index (κ2) is 7.67. The number of halogens is 1. The highest BCUT2D eigenvalue weighted by molar-refractivity contribution is 7.92. The number of anilines is 1. The van der Waals surface area contributed by atoms with Crippen molar-refractivity contribution in [3.8, 4) is 0 Å². The first kappa shape index (κ1) is 18.7. The largest absolute Gasteiger partial charge is 0.295 e. The lowest BCUT2D eigenvalue weighted by molar-refractivity contribution is 0.101. The fourth-order valence-corrected chi connectivity index (χ4v) is 4.10. The molecule has 0 aliphatic heterocycles. The van der Waals surface area contributed by atoms with E-state index in [0.29, 0.717) is 5.56 Å². The molecule has 7 heteroatoms. The molecule has 0 N–H and O–H groups in total. The normalized spacial score (nSPS) is 11.2. The lowest BCUT2D eigenvalue weighted by Gasteiger charge is -2.25. The maximum absolute atomic E-state index is 13.7. The van der Waals surface area contributed by atoms with Gasteiger partial charge in [0.1, 0.15) is 5.82 Å². The number of rotatable bonds is 6. The van der Waals surface area contributed by atoms with Gasteiger partial charge in [-0.3, -0.25) is 14.1 Å². The Morgan fingerprint density at radius 2 is 1.85 bits per heavy atom. The number of hydrogen-bond donors (Lipinski definition) is 0. The molecule has 0 atom stereocenters. The number of carbonyl (C=O) groups is 1. The number of carbonyl (C=O) groups excluding carboxylic acids is 1.